The van der Waals surface area contributed by atoms with Crippen molar-refractivity contribution < 1.29 is 17.9 Å². The number of para-hydroxylation sites is 1. The van der Waals surface area contributed by atoms with Gasteiger partial charge in [-0.25, -0.2) is 0 Å². The number of halogens is 4. The highest BCUT2D eigenvalue weighted by atomic mass is 127. The van der Waals surface area contributed by atoms with Gasteiger partial charge >= 0.3 is 6.18 Å². The summed E-state index contributed by atoms with van der Waals surface area (Å²) in [6.07, 6.45) is -4.36. The number of rotatable bonds is 7. The van der Waals surface area contributed by atoms with E-state index in [1.807, 2.05) is 31.2 Å². The van der Waals surface area contributed by atoms with Gasteiger partial charge in [0.15, 0.2) is 5.96 Å². The highest BCUT2D eigenvalue weighted by Crippen LogP contribution is 2.18. The Morgan fingerprint density at radius 2 is 1.83 bits per heavy atom. The number of nitrogens with zero attached hydrogens (tertiary/aromatic N) is 1. The lowest BCUT2D eigenvalue weighted by Crippen LogP contribution is -2.39. The fraction of sp³-hybridized carbons (Fsp3) is 0.533. The summed E-state index contributed by atoms with van der Waals surface area (Å²) in [5, 5.41) is 5.63. The molecular weight excluding hydrogens is 422 g/mol. The van der Waals surface area contributed by atoms with Gasteiger partial charge in [0.25, 0.3) is 0 Å². The second-order valence-electron chi connectivity index (χ2n) is 4.58. The number of guanidine groups is 1. The van der Waals surface area contributed by atoms with Crippen molar-refractivity contribution in [3.63, 3.8) is 0 Å². The molecule has 0 aromatic heterocycles. The van der Waals surface area contributed by atoms with Crippen molar-refractivity contribution in [1.82, 2.24) is 10.6 Å². The lowest BCUT2D eigenvalue weighted by atomic mass is 10.1. The molecule has 0 heterocycles. The smallest absolute Gasteiger partial charge is 0.390 e. The summed E-state index contributed by atoms with van der Waals surface area (Å²) >= 11 is 0. The van der Waals surface area contributed by atoms with Crippen molar-refractivity contribution >= 4 is 29.9 Å². The van der Waals surface area contributed by atoms with Crippen LogP contribution in [0.2, 0.25) is 0 Å². The van der Waals surface area contributed by atoms with E-state index in [0.29, 0.717) is 25.5 Å². The number of hydrogen-bond acceptors (Lipinski definition) is 2. The number of benzene rings is 1. The molecule has 0 saturated heterocycles. The molecule has 1 rings (SSSR count). The number of nitrogens with one attached hydrogen (secondary N) is 2. The first kappa shape index (κ1) is 21.8. The van der Waals surface area contributed by atoms with Crippen LogP contribution in [0, 0.1) is 0 Å². The summed E-state index contributed by atoms with van der Waals surface area (Å²) in [6.45, 7) is 2.86. The second-order valence-corrected chi connectivity index (χ2v) is 4.58. The van der Waals surface area contributed by atoms with Gasteiger partial charge in [0, 0.05) is 20.1 Å². The minimum absolute atomic E-state index is 0. The second kappa shape index (κ2) is 11.4. The molecule has 8 heteroatoms. The van der Waals surface area contributed by atoms with E-state index in [2.05, 4.69) is 15.6 Å². The average Bonchev–Trinajstić information content (AvgIpc) is 2.46. The number of hydrogen-bond donors (Lipinski definition) is 2. The van der Waals surface area contributed by atoms with E-state index >= 15 is 0 Å². The molecule has 1 aromatic carbocycles. The van der Waals surface area contributed by atoms with Crippen LogP contribution in [-0.2, 0) is 6.42 Å². The van der Waals surface area contributed by atoms with Crippen LogP contribution < -0.4 is 15.4 Å². The maximum Gasteiger partial charge on any atom is 0.390 e. The molecule has 0 bridgehead atoms. The summed E-state index contributed by atoms with van der Waals surface area (Å²) in [5.74, 6) is 1.19. The first-order valence-corrected chi connectivity index (χ1v) is 7.18. The van der Waals surface area contributed by atoms with E-state index in [-0.39, 0.29) is 30.5 Å². The fourth-order valence-electron chi connectivity index (χ4n) is 1.87. The Balaban J connectivity index is 0.00000484. The first-order chi connectivity index (χ1) is 10.5. The first-order valence-electron chi connectivity index (χ1n) is 7.18. The van der Waals surface area contributed by atoms with E-state index < -0.39 is 12.6 Å². The van der Waals surface area contributed by atoms with Crippen molar-refractivity contribution in [2.24, 2.45) is 4.99 Å². The maximum absolute atomic E-state index is 12.1. The van der Waals surface area contributed by atoms with Gasteiger partial charge in [-0.15, -0.1) is 24.0 Å². The van der Waals surface area contributed by atoms with Crippen LogP contribution in [0.5, 0.6) is 5.75 Å². The number of aliphatic imine (C=N–C) groups is 1. The summed E-state index contributed by atoms with van der Waals surface area (Å²) < 4.78 is 41.8. The van der Waals surface area contributed by atoms with Crippen LogP contribution in [0.25, 0.3) is 0 Å². The van der Waals surface area contributed by atoms with Crippen LogP contribution in [0.1, 0.15) is 18.9 Å². The molecule has 0 unspecified atom stereocenters. The molecule has 0 aliphatic rings. The van der Waals surface area contributed by atoms with E-state index in [0.717, 1.165) is 11.3 Å². The Morgan fingerprint density at radius 1 is 1.17 bits per heavy atom. The van der Waals surface area contributed by atoms with Crippen molar-refractivity contribution in [2.45, 2.75) is 25.9 Å². The third-order valence-corrected chi connectivity index (χ3v) is 2.88. The third-order valence-electron chi connectivity index (χ3n) is 2.88. The Hall–Kier alpha value is -1.19. The van der Waals surface area contributed by atoms with Gasteiger partial charge in [-0.05, 0) is 25.0 Å². The SMILES string of the molecule is CCOc1ccccc1CCNC(=NC)NCCC(F)(F)F.I. The molecule has 0 amide bonds. The minimum Gasteiger partial charge on any atom is -0.494 e. The maximum atomic E-state index is 12.1. The lowest BCUT2D eigenvalue weighted by Gasteiger charge is -2.14. The van der Waals surface area contributed by atoms with Crippen molar-refractivity contribution in [1.29, 1.82) is 0 Å². The normalized spacial score (nSPS) is 11.6. The molecule has 0 saturated carbocycles. The Bertz CT molecular complexity index is 481. The van der Waals surface area contributed by atoms with E-state index in [1.54, 1.807) is 0 Å². The van der Waals surface area contributed by atoms with Crippen LogP contribution >= 0.6 is 24.0 Å². The van der Waals surface area contributed by atoms with Crippen molar-refractivity contribution in [2.75, 3.05) is 26.7 Å². The summed E-state index contributed by atoms with van der Waals surface area (Å²) in [6, 6.07) is 7.69. The molecule has 0 aliphatic carbocycles. The summed E-state index contributed by atoms with van der Waals surface area (Å²) in [5.41, 5.74) is 1.04. The Labute approximate surface area is 151 Å². The largest absolute Gasteiger partial charge is 0.494 e. The van der Waals surface area contributed by atoms with Gasteiger partial charge in [0.2, 0.25) is 0 Å². The van der Waals surface area contributed by atoms with Crippen LogP contribution in [0.3, 0.4) is 0 Å². The van der Waals surface area contributed by atoms with Crippen LogP contribution in [-0.4, -0.2) is 38.9 Å². The summed E-state index contributed by atoms with van der Waals surface area (Å²) in [7, 11) is 1.52. The fourth-order valence-corrected chi connectivity index (χ4v) is 1.87. The zero-order valence-corrected chi connectivity index (χ0v) is 15.6. The van der Waals surface area contributed by atoms with Gasteiger partial charge in [0.1, 0.15) is 5.75 Å². The van der Waals surface area contributed by atoms with Crippen molar-refractivity contribution in [3.8, 4) is 5.75 Å². The number of ether oxygens (including phenoxy) is 1. The topological polar surface area (TPSA) is 45.6 Å². The molecule has 23 heavy (non-hydrogen) atoms. The van der Waals surface area contributed by atoms with Gasteiger partial charge in [0.05, 0.1) is 13.0 Å². The average molecular weight is 445 g/mol. The van der Waals surface area contributed by atoms with Crippen LogP contribution in [0.15, 0.2) is 29.3 Å². The van der Waals surface area contributed by atoms with Crippen molar-refractivity contribution in [3.05, 3.63) is 29.8 Å². The zero-order valence-electron chi connectivity index (χ0n) is 13.2. The lowest BCUT2D eigenvalue weighted by molar-refractivity contribution is -0.132. The molecule has 0 fully saturated rings. The number of alkyl halides is 3. The monoisotopic (exact) mass is 445 g/mol. The molecule has 0 radical (unpaired) electrons. The summed E-state index contributed by atoms with van der Waals surface area (Å²) in [4.78, 5) is 3.89. The highest BCUT2D eigenvalue weighted by Gasteiger charge is 2.26. The quantitative estimate of drug-likeness (QED) is 0.385. The Morgan fingerprint density at radius 3 is 2.43 bits per heavy atom. The van der Waals surface area contributed by atoms with Gasteiger partial charge < -0.3 is 15.4 Å². The Kier molecular flexibility index (Phi) is 10.8. The van der Waals surface area contributed by atoms with Gasteiger partial charge in [-0.2, -0.15) is 13.2 Å². The zero-order chi connectivity index (χ0) is 16.4. The predicted octanol–water partition coefficient (Wildman–Crippen LogP) is 3.36. The van der Waals surface area contributed by atoms with Gasteiger partial charge in [-0.1, -0.05) is 18.2 Å². The van der Waals surface area contributed by atoms with Gasteiger partial charge in [-0.3, -0.25) is 4.99 Å². The molecule has 4 nitrogen and oxygen atoms in total. The standard InChI is InChI=1S/C15H22F3N3O.HI/c1-3-22-13-7-5-4-6-12(13)8-10-20-14(19-2)21-11-9-15(16,17)18;/h4-7H,3,8-11H2,1-2H3,(H2,19,20,21);1H. The van der Waals surface area contributed by atoms with Crippen LogP contribution in [0.4, 0.5) is 13.2 Å². The van der Waals surface area contributed by atoms with E-state index in [1.165, 1.54) is 7.05 Å². The molecule has 0 spiro atoms. The predicted molar refractivity (Wildman–Crippen MR) is 96.8 cm³/mol. The third kappa shape index (κ3) is 9.52. The molecule has 0 aliphatic heterocycles. The molecular formula is C15H23F3IN3O. The molecule has 132 valence electrons. The molecule has 0 atom stereocenters. The van der Waals surface area contributed by atoms with E-state index in [9.17, 15) is 13.2 Å². The highest BCUT2D eigenvalue weighted by molar-refractivity contribution is 14.0. The molecule has 1 aromatic rings. The minimum atomic E-state index is -4.16. The molecule has 2 N–H and O–H groups in total. The van der Waals surface area contributed by atoms with E-state index in [4.69, 9.17) is 4.74 Å².